The second-order valence-corrected chi connectivity index (χ2v) is 5.00. The van der Waals surface area contributed by atoms with Crippen molar-refractivity contribution in [3.05, 3.63) is 17.3 Å². The summed E-state index contributed by atoms with van der Waals surface area (Å²) < 4.78 is 0. The largest absolute Gasteiger partial charge is 0.369 e. The monoisotopic (exact) mass is 256 g/mol. The molecule has 16 heavy (non-hydrogen) atoms. The third kappa shape index (κ3) is 2.28. The second-order valence-electron chi connectivity index (χ2n) is 3.23. The summed E-state index contributed by atoms with van der Waals surface area (Å²) in [5, 5.41) is 0.808. The van der Waals surface area contributed by atoms with Crippen molar-refractivity contribution in [3.8, 4) is 0 Å². The van der Waals surface area contributed by atoms with Gasteiger partial charge < -0.3 is 10.7 Å². The maximum atomic E-state index is 10.9. The van der Waals surface area contributed by atoms with E-state index in [0.29, 0.717) is 15.8 Å². The van der Waals surface area contributed by atoms with Crippen LogP contribution in [0.1, 0.15) is 6.92 Å². The molecule has 0 unspecified atom stereocenters. The highest BCUT2D eigenvalue weighted by Gasteiger charge is 2.13. The van der Waals surface area contributed by atoms with Crippen LogP contribution < -0.4 is 5.73 Å². The third-order valence-electron chi connectivity index (χ3n) is 1.97. The molecule has 0 aliphatic rings. The van der Waals surface area contributed by atoms with Crippen LogP contribution in [0, 0.1) is 0 Å². The number of halogens is 1. The summed E-state index contributed by atoms with van der Waals surface area (Å²) in [4.78, 5) is 22.2. The molecular weight excluding hydrogens is 248 g/mol. The van der Waals surface area contributed by atoms with Crippen LogP contribution in [0.15, 0.2) is 17.4 Å². The number of nitrogens with two attached hydrogens (primary N) is 1. The average Bonchev–Trinajstić information content (AvgIpc) is 2.58. The highest BCUT2D eigenvalue weighted by molar-refractivity contribution is 8.00. The van der Waals surface area contributed by atoms with Gasteiger partial charge in [0.1, 0.15) is 0 Å². The summed E-state index contributed by atoms with van der Waals surface area (Å²) in [6.45, 7) is 1.72. The lowest BCUT2D eigenvalue weighted by molar-refractivity contribution is -0.117. The first-order valence-corrected chi connectivity index (χ1v) is 5.79. The molecule has 84 valence electrons. The summed E-state index contributed by atoms with van der Waals surface area (Å²) in [5.41, 5.74) is 6.48. The summed E-state index contributed by atoms with van der Waals surface area (Å²) >= 11 is 7.05. The van der Waals surface area contributed by atoms with Gasteiger partial charge in [-0.15, -0.1) is 0 Å². The molecule has 7 heteroatoms. The van der Waals surface area contributed by atoms with Gasteiger partial charge in [0, 0.05) is 6.20 Å². The first kappa shape index (κ1) is 11.2. The molecule has 0 spiro atoms. The van der Waals surface area contributed by atoms with Gasteiger partial charge in [-0.3, -0.25) is 4.79 Å². The number of fused-ring (bicyclic) bond motifs is 1. The predicted octanol–water partition coefficient (Wildman–Crippen LogP) is 1.58. The van der Waals surface area contributed by atoms with Crippen LogP contribution in [0.4, 0.5) is 0 Å². The van der Waals surface area contributed by atoms with E-state index in [2.05, 4.69) is 15.0 Å². The number of nitrogens with zero attached hydrogens (tertiary/aromatic N) is 2. The van der Waals surface area contributed by atoms with Crippen LogP contribution >= 0.6 is 23.4 Å². The van der Waals surface area contributed by atoms with E-state index < -0.39 is 0 Å². The number of aromatic nitrogens is 3. The summed E-state index contributed by atoms with van der Waals surface area (Å²) in [6, 6.07) is 1.73. The standard InChI is InChI=1S/C9H9ClN4OS/c1-4(7(11)15)16-9-13-6-2-5(10)3-12-8(6)14-9/h2-4H,1H3,(H2,11,15)(H,12,13,14)/t4-/m0/s1. The lowest BCUT2D eigenvalue weighted by Gasteiger charge is -2.02. The van der Waals surface area contributed by atoms with E-state index in [1.165, 1.54) is 18.0 Å². The van der Waals surface area contributed by atoms with Gasteiger partial charge in [0.05, 0.1) is 15.8 Å². The zero-order valence-corrected chi connectivity index (χ0v) is 9.97. The molecule has 1 atom stereocenters. The van der Waals surface area contributed by atoms with E-state index >= 15 is 0 Å². The summed E-state index contributed by atoms with van der Waals surface area (Å²) in [6.07, 6.45) is 1.52. The van der Waals surface area contributed by atoms with Crippen molar-refractivity contribution in [2.75, 3.05) is 0 Å². The SMILES string of the molecule is C[C@H](Sc1nc2ncc(Cl)cc2[nH]1)C(N)=O. The minimum Gasteiger partial charge on any atom is -0.369 e. The lowest BCUT2D eigenvalue weighted by atomic mass is 10.4. The number of thioether (sulfide) groups is 1. The summed E-state index contributed by atoms with van der Waals surface area (Å²) in [5.74, 6) is -0.378. The maximum Gasteiger partial charge on any atom is 0.230 e. The molecule has 2 aromatic rings. The fraction of sp³-hybridized carbons (Fsp3) is 0.222. The van der Waals surface area contributed by atoms with E-state index in [1.54, 1.807) is 13.0 Å². The topological polar surface area (TPSA) is 84.7 Å². The first-order chi connectivity index (χ1) is 7.56. The molecule has 0 aliphatic heterocycles. The van der Waals surface area contributed by atoms with Gasteiger partial charge in [0.2, 0.25) is 5.91 Å². The number of primary amides is 1. The molecule has 5 nitrogen and oxygen atoms in total. The second kappa shape index (κ2) is 4.31. The van der Waals surface area contributed by atoms with E-state index in [0.717, 1.165) is 5.52 Å². The van der Waals surface area contributed by atoms with Gasteiger partial charge in [-0.2, -0.15) is 0 Å². The number of imidazole rings is 1. The highest BCUT2D eigenvalue weighted by Crippen LogP contribution is 2.23. The Labute approximate surface area is 101 Å². The average molecular weight is 257 g/mol. The van der Waals surface area contributed by atoms with Crippen LogP contribution in [0.3, 0.4) is 0 Å². The molecule has 2 rings (SSSR count). The molecular formula is C9H9ClN4OS. The smallest absolute Gasteiger partial charge is 0.230 e. The number of rotatable bonds is 3. The van der Waals surface area contributed by atoms with E-state index in [4.69, 9.17) is 17.3 Å². The zero-order chi connectivity index (χ0) is 11.7. The van der Waals surface area contributed by atoms with Crippen molar-refractivity contribution in [2.45, 2.75) is 17.3 Å². The molecule has 0 aromatic carbocycles. The highest BCUT2D eigenvalue weighted by atomic mass is 35.5. The van der Waals surface area contributed by atoms with Crippen molar-refractivity contribution in [2.24, 2.45) is 5.73 Å². The Balaban J connectivity index is 2.29. The Hall–Kier alpha value is -1.27. The number of hydrogen-bond acceptors (Lipinski definition) is 4. The number of aromatic amines is 1. The van der Waals surface area contributed by atoms with Gasteiger partial charge in [-0.25, -0.2) is 9.97 Å². The molecule has 0 aliphatic carbocycles. The summed E-state index contributed by atoms with van der Waals surface area (Å²) in [7, 11) is 0. The fourth-order valence-electron chi connectivity index (χ4n) is 1.13. The quantitative estimate of drug-likeness (QED) is 0.817. The third-order valence-corrected chi connectivity index (χ3v) is 3.18. The molecule has 0 bridgehead atoms. The number of carbonyl (C=O) groups excluding carboxylic acids is 1. The maximum absolute atomic E-state index is 10.9. The van der Waals surface area contributed by atoms with E-state index in [-0.39, 0.29) is 11.2 Å². The van der Waals surface area contributed by atoms with Crippen molar-refractivity contribution >= 4 is 40.4 Å². The fourth-order valence-corrected chi connectivity index (χ4v) is 2.05. The number of pyridine rings is 1. The van der Waals surface area contributed by atoms with Gasteiger partial charge in [-0.05, 0) is 13.0 Å². The van der Waals surface area contributed by atoms with E-state index in [9.17, 15) is 4.79 Å². The van der Waals surface area contributed by atoms with Crippen molar-refractivity contribution in [3.63, 3.8) is 0 Å². The van der Waals surface area contributed by atoms with Gasteiger partial charge in [-0.1, -0.05) is 23.4 Å². The number of amides is 1. The zero-order valence-electron chi connectivity index (χ0n) is 8.40. The Morgan fingerprint density at radius 2 is 2.44 bits per heavy atom. The number of carbonyl (C=O) groups is 1. The predicted molar refractivity (Wildman–Crippen MR) is 63.4 cm³/mol. The van der Waals surface area contributed by atoms with Crippen molar-refractivity contribution in [1.29, 1.82) is 0 Å². The van der Waals surface area contributed by atoms with Crippen LogP contribution in [-0.4, -0.2) is 26.1 Å². The molecule has 3 N–H and O–H groups in total. The molecule has 0 fully saturated rings. The van der Waals surface area contributed by atoms with Gasteiger partial charge in [0.15, 0.2) is 10.8 Å². The van der Waals surface area contributed by atoms with E-state index in [1.807, 2.05) is 0 Å². The normalized spacial score (nSPS) is 12.9. The van der Waals surface area contributed by atoms with Crippen LogP contribution in [0.25, 0.3) is 11.2 Å². The van der Waals surface area contributed by atoms with Crippen molar-refractivity contribution < 1.29 is 4.79 Å². The molecule has 1 amide bonds. The van der Waals surface area contributed by atoms with Gasteiger partial charge in [0.25, 0.3) is 0 Å². The first-order valence-electron chi connectivity index (χ1n) is 4.53. The molecule has 0 saturated carbocycles. The Morgan fingerprint density at radius 3 is 3.12 bits per heavy atom. The molecule has 2 heterocycles. The lowest BCUT2D eigenvalue weighted by Crippen LogP contribution is -2.22. The molecule has 0 radical (unpaired) electrons. The molecule has 0 saturated heterocycles. The van der Waals surface area contributed by atoms with Crippen LogP contribution in [0.5, 0.6) is 0 Å². The Kier molecular flexibility index (Phi) is 3.02. The van der Waals surface area contributed by atoms with Crippen LogP contribution in [-0.2, 0) is 4.79 Å². The number of hydrogen-bond donors (Lipinski definition) is 2. The van der Waals surface area contributed by atoms with Gasteiger partial charge >= 0.3 is 0 Å². The Morgan fingerprint density at radius 1 is 1.69 bits per heavy atom. The number of nitrogens with one attached hydrogen (secondary N) is 1. The minimum absolute atomic E-state index is 0.337. The van der Waals surface area contributed by atoms with Crippen LogP contribution in [0.2, 0.25) is 5.02 Å². The molecule has 2 aromatic heterocycles. The minimum atomic E-state index is -0.378. The van der Waals surface area contributed by atoms with Crippen molar-refractivity contribution in [1.82, 2.24) is 15.0 Å². The number of H-pyrrole nitrogens is 1. The Bertz CT molecular complexity index is 541.